The number of nitrogens with two attached hydrogens (primary N) is 1. The van der Waals surface area contributed by atoms with Gasteiger partial charge < -0.3 is 10.5 Å². The number of benzene rings is 1. The molecule has 2 atom stereocenters. The van der Waals surface area contributed by atoms with Crippen LogP contribution in [-0.4, -0.2) is 30.9 Å². The van der Waals surface area contributed by atoms with Gasteiger partial charge in [0.25, 0.3) is 0 Å². The third kappa shape index (κ3) is 4.35. The number of ether oxygens (including phenoxy) is 1. The predicted octanol–water partition coefficient (Wildman–Crippen LogP) is 3.32. The van der Waals surface area contributed by atoms with Gasteiger partial charge in [0.1, 0.15) is 5.75 Å². The van der Waals surface area contributed by atoms with Gasteiger partial charge in [-0.25, -0.2) is 0 Å². The second-order valence-corrected chi connectivity index (χ2v) is 5.43. The van der Waals surface area contributed by atoms with Crippen molar-refractivity contribution in [2.24, 2.45) is 11.7 Å². The van der Waals surface area contributed by atoms with Crippen molar-refractivity contribution in [1.29, 1.82) is 0 Å². The number of nitrogens with zero attached hydrogens (tertiary/aromatic N) is 1. The lowest BCUT2D eigenvalue weighted by Gasteiger charge is -2.27. The molecule has 3 nitrogen and oxygen atoms in total. The van der Waals surface area contributed by atoms with Crippen LogP contribution in [0.2, 0.25) is 0 Å². The summed E-state index contributed by atoms with van der Waals surface area (Å²) in [5, 5.41) is 0. The van der Waals surface area contributed by atoms with E-state index in [-0.39, 0.29) is 11.8 Å². The molecule has 2 unspecified atom stereocenters. The normalized spacial score (nSPS) is 21.5. The molecule has 0 aliphatic carbocycles. The lowest BCUT2D eigenvalue weighted by Crippen LogP contribution is -2.32. The number of likely N-dealkylation sites (tertiary alicyclic amines) is 1. The number of hydrogen-bond acceptors (Lipinski definition) is 3. The Kier molecular flexibility index (Phi) is 5.11. The molecule has 1 aromatic carbocycles. The largest absolute Gasteiger partial charge is 0.573 e. The Morgan fingerprint density at radius 3 is 2.48 bits per heavy atom. The topological polar surface area (TPSA) is 38.5 Å². The third-order valence-electron chi connectivity index (χ3n) is 4.06. The van der Waals surface area contributed by atoms with E-state index in [9.17, 15) is 13.2 Å². The SMILES string of the molecule is CCC1CCN(C(CN)c2ccc(OC(F)(F)F)cc2)C1. The number of alkyl halides is 3. The fourth-order valence-electron chi connectivity index (χ4n) is 2.87. The molecule has 118 valence electrons. The molecule has 1 heterocycles. The van der Waals surface area contributed by atoms with Gasteiger partial charge >= 0.3 is 6.36 Å². The molecule has 2 N–H and O–H groups in total. The highest BCUT2D eigenvalue weighted by Gasteiger charge is 2.31. The van der Waals surface area contributed by atoms with Gasteiger partial charge in [-0.15, -0.1) is 13.2 Å². The van der Waals surface area contributed by atoms with Crippen molar-refractivity contribution in [2.45, 2.75) is 32.2 Å². The maximum Gasteiger partial charge on any atom is 0.573 e. The predicted molar refractivity (Wildman–Crippen MR) is 74.9 cm³/mol. The molecular weight excluding hydrogens is 281 g/mol. The van der Waals surface area contributed by atoms with Gasteiger partial charge in [-0.05, 0) is 36.6 Å². The summed E-state index contributed by atoms with van der Waals surface area (Å²) in [6.07, 6.45) is -2.35. The molecule has 0 spiro atoms. The van der Waals surface area contributed by atoms with E-state index in [1.165, 1.54) is 12.1 Å². The quantitative estimate of drug-likeness (QED) is 0.907. The van der Waals surface area contributed by atoms with Gasteiger partial charge in [-0.1, -0.05) is 25.5 Å². The molecule has 1 saturated heterocycles. The third-order valence-corrected chi connectivity index (χ3v) is 4.06. The van der Waals surface area contributed by atoms with Crippen LogP contribution in [0.4, 0.5) is 13.2 Å². The van der Waals surface area contributed by atoms with Crippen LogP contribution in [0.15, 0.2) is 24.3 Å². The van der Waals surface area contributed by atoms with E-state index in [1.54, 1.807) is 12.1 Å². The average Bonchev–Trinajstić information content (AvgIpc) is 2.88. The van der Waals surface area contributed by atoms with Crippen LogP contribution in [0.5, 0.6) is 5.75 Å². The Balaban J connectivity index is 2.05. The van der Waals surface area contributed by atoms with E-state index < -0.39 is 6.36 Å². The maximum atomic E-state index is 12.1. The molecule has 21 heavy (non-hydrogen) atoms. The second kappa shape index (κ2) is 6.66. The zero-order valence-corrected chi connectivity index (χ0v) is 12.1. The summed E-state index contributed by atoms with van der Waals surface area (Å²) in [4.78, 5) is 2.31. The highest BCUT2D eigenvalue weighted by atomic mass is 19.4. The van der Waals surface area contributed by atoms with Crippen molar-refractivity contribution in [1.82, 2.24) is 4.90 Å². The summed E-state index contributed by atoms with van der Waals surface area (Å²) >= 11 is 0. The number of rotatable bonds is 5. The van der Waals surface area contributed by atoms with E-state index in [0.29, 0.717) is 12.5 Å². The van der Waals surface area contributed by atoms with Crippen molar-refractivity contribution in [3.8, 4) is 5.75 Å². The van der Waals surface area contributed by atoms with Crippen LogP contribution in [0.1, 0.15) is 31.4 Å². The Morgan fingerprint density at radius 1 is 1.33 bits per heavy atom. The van der Waals surface area contributed by atoms with Crippen LogP contribution in [-0.2, 0) is 0 Å². The van der Waals surface area contributed by atoms with Crippen LogP contribution >= 0.6 is 0 Å². The Labute approximate surface area is 122 Å². The summed E-state index contributed by atoms with van der Waals surface area (Å²) in [6, 6.07) is 6.08. The first-order valence-corrected chi connectivity index (χ1v) is 7.22. The van der Waals surface area contributed by atoms with Gasteiger partial charge in [-0.2, -0.15) is 0 Å². The molecule has 6 heteroatoms. The first-order chi connectivity index (χ1) is 9.93. The smallest absolute Gasteiger partial charge is 0.406 e. The summed E-state index contributed by atoms with van der Waals surface area (Å²) in [5.74, 6) is 0.488. The van der Waals surface area contributed by atoms with Crippen LogP contribution in [0.25, 0.3) is 0 Å². The molecule has 0 radical (unpaired) electrons. The minimum atomic E-state index is -4.65. The monoisotopic (exact) mass is 302 g/mol. The zero-order valence-electron chi connectivity index (χ0n) is 12.1. The van der Waals surface area contributed by atoms with Crippen LogP contribution in [0.3, 0.4) is 0 Å². The zero-order chi connectivity index (χ0) is 15.5. The van der Waals surface area contributed by atoms with Gasteiger partial charge in [0.05, 0.1) is 0 Å². The Bertz CT molecular complexity index is 447. The summed E-state index contributed by atoms with van der Waals surface area (Å²) in [6.45, 7) is 4.62. The molecule has 1 aromatic rings. The number of halogens is 3. The van der Waals surface area contributed by atoms with Gasteiger partial charge in [-0.3, -0.25) is 4.90 Å². The minimum absolute atomic E-state index is 0.0569. The molecule has 1 aliphatic heterocycles. The molecule has 0 bridgehead atoms. The number of hydrogen-bond donors (Lipinski definition) is 1. The van der Waals surface area contributed by atoms with Gasteiger partial charge in [0, 0.05) is 19.1 Å². The van der Waals surface area contributed by atoms with Crippen LogP contribution < -0.4 is 10.5 Å². The standard InChI is InChI=1S/C15H21F3N2O/c1-2-11-7-8-20(10-11)14(9-19)12-3-5-13(6-4-12)21-15(16,17)18/h3-6,11,14H,2,7-10,19H2,1H3. The van der Waals surface area contributed by atoms with Crippen LogP contribution in [0, 0.1) is 5.92 Å². The summed E-state index contributed by atoms with van der Waals surface area (Å²) in [7, 11) is 0. The molecular formula is C15H21F3N2O. The lowest BCUT2D eigenvalue weighted by molar-refractivity contribution is -0.274. The molecule has 1 fully saturated rings. The van der Waals surface area contributed by atoms with E-state index in [0.717, 1.165) is 31.5 Å². The van der Waals surface area contributed by atoms with Crippen molar-refractivity contribution >= 4 is 0 Å². The molecule has 0 aromatic heterocycles. The van der Waals surface area contributed by atoms with E-state index >= 15 is 0 Å². The Morgan fingerprint density at radius 2 is 2.00 bits per heavy atom. The fourth-order valence-corrected chi connectivity index (χ4v) is 2.87. The second-order valence-electron chi connectivity index (χ2n) is 5.43. The maximum absolute atomic E-state index is 12.1. The summed E-state index contributed by atoms with van der Waals surface area (Å²) in [5.41, 5.74) is 6.79. The summed E-state index contributed by atoms with van der Waals surface area (Å²) < 4.78 is 40.3. The molecule has 2 rings (SSSR count). The van der Waals surface area contributed by atoms with Crippen molar-refractivity contribution in [2.75, 3.05) is 19.6 Å². The van der Waals surface area contributed by atoms with E-state index in [1.807, 2.05) is 0 Å². The molecule has 1 aliphatic rings. The lowest BCUT2D eigenvalue weighted by atomic mass is 10.0. The van der Waals surface area contributed by atoms with E-state index in [2.05, 4.69) is 16.6 Å². The first kappa shape index (κ1) is 16.1. The van der Waals surface area contributed by atoms with Crippen molar-refractivity contribution < 1.29 is 17.9 Å². The van der Waals surface area contributed by atoms with Crippen molar-refractivity contribution in [3.05, 3.63) is 29.8 Å². The Hall–Kier alpha value is -1.27. The molecule has 0 amide bonds. The fraction of sp³-hybridized carbons (Fsp3) is 0.600. The highest BCUT2D eigenvalue weighted by Crippen LogP contribution is 2.30. The molecule has 0 saturated carbocycles. The minimum Gasteiger partial charge on any atom is -0.406 e. The average molecular weight is 302 g/mol. The highest BCUT2D eigenvalue weighted by molar-refractivity contribution is 5.29. The van der Waals surface area contributed by atoms with Gasteiger partial charge in [0.15, 0.2) is 0 Å². The first-order valence-electron chi connectivity index (χ1n) is 7.22. The van der Waals surface area contributed by atoms with Crippen molar-refractivity contribution in [3.63, 3.8) is 0 Å². The van der Waals surface area contributed by atoms with Gasteiger partial charge in [0.2, 0.25) is 0 Å². The van der Waals surface area contributed by atoms with E-state index in [4.69, 9.17) is 5.73 Å².